The zero-order chi connectivity index (χ0) is 16.8. The first-order valence-corrected chi connectivity index (χ1v) is 7.66. The number of halogens is 3. The number of hydrogen-bond donors (Lipinski definition) is 1. The molecule has 23 heavy (non-hydrogen) atoms. The minimum atomic E-state index is -3.07. The molecule has 1 aliphatic carbocycles. The van der Waals surface area contributed by atoms with Crippen molar-refractivity contribution in [1.29, 1.82) is 0 Å². The van der Waals surface area contributed by atoms with Gasteiger partial charge in [-0.1, -0.05) is 11.6 Å². The number of fused-ring (bicyclic) bond motifs is 1. The van der Waals surface area contributed by atoms with Gasteiger partial charge in [-0.3, -0.25) is 4.79 Å². The number of anilines is 1. The Kier molecular flexibility index (Phi) is 3.88. The summed E-state index contributed by atoms with van der Waals surface area (Å²) in [5, 5.41) is 8.67. The largest absolute Gasteiger partial charge is 0.481 e. The Morgan fingerprint density at radius 2 is 2.30 bits per heavy atom. The summed E-state index contributed by atoms with van der Waals surface area (Å²) in [5.74, 6) is -3.60. The SMILES string of the molecule is [C-]#[N+]c1c(Cl)nc(N2CCC(CC(=O)O)C2)c2c1C(F)(F)CC2. The molecule has 0 spiro atoms. The van der Waals surface area contributed by atoms with Crippen LogP contribution in [0.3, 0.4) is 0 Å². The van der Waals surface area contributed by atoms with Gasteiger partial charge in [-0.15, -0.1) is 0 Å². The standard InChI is InChI=1S/C15H14ClF2N3O2/c1-19-12-11-9(2-4-15(11,17)18)14(20-13(12)16)21-5-3-8(7-21)6-10(22)23/h8H,2-7H2,(H,22,23). The average molecular weight is 342 g/mol. The van der Waals surface area contributed by atoms with Gasteiger partial charge in [0.2, 0.25) is 5.69 Å². The second-order valence-corrected chi connectivity index (χ2v) is 6.30. The van der Waals surface area contributed by atoms with E-state index >= 15 is 0 Å². The number of alkyl halides is 2. The smallest absolute Gasteiger partial charge is 0.303 e. The van der Waals surface area contributed by atoms with Crippen LogP contribution in [0.2, 0.25) is 5.15 Å². The topological polar surface area (TPSA) is 57.8 Å². The lowest BCUT2D eigenvalue weighted by Crippen LogP contribution is -2.23. The molecule has 1 N–H and O–H groups in total. The second kappa shape index (κ2) is 5.60. The van der Waals surface area contributed by atoms with Crippen LogP contribution in [0.1, 0.15) is 30.4 Å². The van der Waals surface area contributed by atoms with Crippen LogP contribution >= 0.6 is 11.6 Å². The molecule has 2 heterocycles. The van der Waals surface area contributed by atoms with Crippen LogP contribution < -0.4 is 4.90 Å². The third kappa shape index (κ3) is 2.72. The molecule has 1 atom stereocenters. The lowest BCUT2D eigenvalue weighted by Gasteiger charge is -2.22. The van der Waals surface area contributed by atoms with Crippen molar-refractivity contribution in [3.63, 3.8) is 0 Å². The Labute approximate surface area is 136 Å². The predicted octanol–water partition coefficient (Wildman–Crippen LogP) is 3.62. The molecule has 1 aromatic rings. The maximum atomic E-state index is 14.2. The summed E-state index contributed by atoms with van der Waals surface area (Å²) >= 11 is 5.96. The van der Waals surface area contributed by atoms with Crippen LogP contribution in [0.5, 0.6) is 0 Å². The number of carboxylic acids is 1. The van der Waals surface area contributed by atoms with Gasteiger partial charge in [-0.25, -0.2) is 18.6 Å². The lowest BCUT2D eigenvalue weighted by molar-refractivity contribution is -0.137. The highest BCUT2D eigenvalue weighted by Crippen LogP contribution is 2.51. The van der Waals surface area contributed by atoms with Crippen LogP contribution in [0, 0.1) is 12.5 Å². The fourth-order valence-corrected chi connectivity index (χ4v) is 3.63. The number of rotatable bonds is 3. The van der Waals surface area contributed by atoms with Gasteiger partial charge in [0, 0.05) is 31.5 Å². The van der Waals surface area contributed by atoms with E-state index in [1.807, 2.05) is 4.90 Å². The monoisotopic (exact) mass is 341 g/mol. The van der Waals surface area contributed by atoms with Gasteiger partial charge < -0.3 is 10.0 Å². The Hall–Kier alpha value is -1.94. The number of carboxylic acid groups (broad SMARTS) is 1. The van der Waals surface area contributed by atoms with E-state index in [-0.39, 0.29) is 41.6 Å². The first-order chi connectivity index (χ1) is 10.8. The normalized spacial score (nSPS) is 22.0. The molecule has 1 fully saturated rings. The van der Waals surface area contributed by atoms with Gasteiger partial charge in [-0.2, -0.15) is 0 Å². The fraction of sp³-hybridized carbons (Fsp3) is 0.533. The molecule has 0 radical (unpaired) electrons. The van der Waals surface area contributed by atoms with E-state index in [1.165, 1.54) is 0 Å². The molecule has 1 aliphatic heterocycles. The molecule has 122 valence electrons. The van der Waals surface area contributed by atoms with Crippen molar-refractivity contribution in [3.05, 3.63) is 27.7 Å². The summed E-state index contributed by atoms with van der Waals surface area (Å²) in [4.78, 5) is 19.9. The van der Waals surface area contributed by atoms with Crippen LogP contribution in [-0.4, -0.2) is 29.1 Å². The molecule has 0 amide bonds. The Morgan fingerprint density at radius 1 is 1.57 bits per heavy atom. The molecule has 1 unspecified atom stereocenters. The lowest BCUT2D eigenvalue weighted by atomic mass is 10.1. The zero-order valence-electron chi connectivity index (χ0n) is 12.2. The van der Waals surface area contributed by atoms with E-state index in [4.69, 9.17) is 23.3 Å². The van der Waals surface area contributed by atoms with Gasteiger partial charge in [-0.05, 0) is 24.3 Å². The number of nitrogens with zero attached hydrogens (tertiary/aromatic N) is 3. The minimum Gasteiger partial charge on any atom is -0.481 e. The van der Waals surface area contributed by atoms with Crippen molar-refractivity contribution in [3.8, 4) is 0 Å². The zero-order valence-corrected chi connectivity index (χ0v) is 12.9. The first kappa shape index (κ1) is 15.9. The second-order valence-electron chi connectivity index (χ2n) is 5.94. The summed E-state index contributed by atoms with van der Waals surface area (Å²) in [6, 6.07) is 0. The van der Waals surface area contributed by atoms with E-state index in [0.29, 0.717) is 30.9 Å². The Bertz CT molecular complexity index is 718. The Balaban J connectivity index is 2.00. The number of aromatic nitrogens is 1. The molecule has 0 saturated carbocycles. The molecule has 3 rings (SSSR count). The van der Waals surface area contributed by atoms with Gasteiger partial charge >= 0.3 is 5.97 Å². The summed E-state index contributed by atoms with van der Waals surface area (Å²) < 4.78 is 28.3. The summed E-state index contributed by atoms with van der Waals surface area (Å²) in [7, 11) is 0. The highest BCUT2D eigenvalue weighted by Gasteiger charge is 2.45. The number of pyridine rings is 1. The maximum absolute atomic E-state index is 14.2. The summed E-state index contributed by atoms with van der Waals surface area (Å²) in [6.07, 6.45) is 0.501. The van der Waals surface area contributed by atoms with E-state index in [0.717, 1.165) is 0 Å². The average Bonchev–Trinajstić information content (AvgIpc) is 3.03. The number of hydrogen-bond acceptors (Lipinski definition) is 3. The number of carbonyl (C=O) groups is 1. The fourth-order valence-electron chi connectivity index (χ4n) is 3.41. The van der Waals surface area contributed by atoms with Gasteiger partial charge in [0.15, 0.2) is 0 Å². The summed E-state index contributed by atoms with van der Waals surface area (Å²) in [6.45, 7) is 8.11. The first-order valence-electron chi connectivity index (χ1n) is 7.28. The van der Waals surface area contributed by atoms with Crippen LogP contribution in [0.15, 0.2) is 0 Å². The van der Waals surface area contributed by atoms with Crippen molar-refractivity contribution in [1.82, 2.24) is 4.98 Å². The number of aliphatic carboxylic acids is 1. The van der Waals surface area contributed by atoms with Crippen molar-refractivity contribution in [2.24, 2.45) is 5.92 Å². The molecule has 2 aliphatic rings. The molecule has 0 aromatic carbocycles. The van der Waals surface area contributed by atoms with Crippen molar-refractivity contribution >= 4 is 29.1 Å². The van der Waals surface area contributed by atoms with E-state index < -0.39 is 11.9 Å². The van der Waals surface area contributed by atoms with Gasteiger partial charge in [0.1, 0.15) is 11.0 Å². The molecule has 1 aromatic heterocycles. The summed E-state index contributed by atoms with van der Waals surface area (Å²) in [5.41, 5.74) is -0.195. The van der Waals surface area contributed by atoms with Crippen LogP contribution in [0.4, 0.5) is 20.3 Å². The third-order valence-electron chi connectivity index (χ3n) is 4.42. The Morgan fingerprint density at radius 3 is 2.96 bits per heavy atom. The van der Waals surface area contributed by atoms with E-state index in [1.54, 1.807) is 0 Å². The third-order valence-corrected chi connectivity index (χ3v) is 4.69. The quantitative estimate of drug-likeness (QED) is 0.674. The van der Waals surface area contributed by atoms with Crippen LogP contribution in [0.25, 0.3) is 4.85 Å². The predicted molar refractivity (Wildman–Crippen MR) is 80.3 cm³/mol. The van der Waals surface area contributed by atoms with E-state index in [2.05, 4.69) is 9.83 Å². The molecule has 8 heteroatoms. The molecule has 5 nitrogen and oxygen atoms in total. The highest BCUT2D eigenvalue weighted by molar-refractivity contribution is 6.32. The minimum absolute atomic E-state index is 0.0359. The highest BCUT2D eigenvalue weighted by atomic mass is 35.5. The maximum Gasteiger partial charge on any atom is 0.303 e. The molecule has 1 saturated heterocycles. The van der Waals surface area contributed by atoms with E-state index in [9.17, 15) is 13.6 Å². The van der Waals surface area contributed by atoms with Crippen molar-refractivity contribution in [2.75, 3.05) is 18.0 Å². The van der Waals surface area contributed by atoms with Crippen LogP contribution in [-0.2, 0) is 17.1 Å². The molecular weight excluding hydrogens is 328 g/mol. The molecule has 0 bridgehead atoms. The van der Waals surface area contributed by atoms with Gasteiger partial charge in [0.05, 0.1) is 6.57 Å². The van der Waals surface area contributed by atoms with Crippen molar-refractivity contribution in [2.45, 2.75) is 31.6 Å². The van der Waals surface area contributed by atoms with Gasteiger partial charge in [0.25, 0.3) is 5.92 Å². The van der Waals surface area contributed by atoms with Crippen molar-refractivity contribution < 1.29 is 18.7 Å². The molecular formula is C15H14ClF2N3O2.